The van der Waals surface area contributed by atoms with Gasteiger partial charge in [-0.15, -0.1) is 0 Å². The van der Waals surface area contributed by atoms with Crippen molar-refractivity contribution in [3.63, 3.8) is 0 Å². The van der Waals surface area contributed by atoms with Crippen LogP contribution >= 0.6 is 0 Å². The highest BCUT2D eigenvalue weighted by Crippen LogP contribution is 2.56. The van der Waals surface area contributed by atoms with Crippen LogP contribution in [0.1, 0.15) is 39.5 Å². The number of amides is 1. The minimum Gasteiger partial charge on any atom is -0.340 e. The normalized spacial score (nSPS) is 34.8. The van der Waals surface area contributed by atoms with Crippen molar-refractivity contribution in [2.75, 3.05) is 32.7 Å². The second-order valence-electron chi connectivity index (χ2n) is 7.47. The molecule has 2 aliphatic carbocycles. The summed E-state index contributed by atoms with van der Waals surface area (Å²) < 4.78 is 0. The Kier molecular flexibility index (Phi) is 3.80. The fourth-order valence-electron chi connectivity index (χ4n) is 4.23. The number of fused-ring (bicyclic) bond motifs is 1. The maximum absolute atomic E-state index is 12.6. The van der Waals surface area contributed by atoms with Crippen molar-refractivity contribution in [3.05, 3.63) is 0 Å². The third-order valence-corrected chi connectivity index (χ3v) is 5.89. The fraction of sp³-hybridized carbons (Fsp3) is 0.938. The molecule has 0 aromatic carbocycles. The van der Waals surface area contributed by atoms with Gasteiger partial charge in [-0.1, -0.05) is 12.8 Å². The number of rotatable bonds is 3. The van der Waals surface area contributed by atoms with Crippen LogP contribution in [0.5, 0.6) is 0 Å². The molecule has 20 heavy (non-hydrogen) atoms. The lowest BCUT2D eigenvalue weighted by Crippen LogP contribution is -2.58. The van der Waals surface area contributed by atoms with E-state index in [9.17, 15) is 4.79 Å². The van der Waals surface area contributed by atoms with Gasteiger partial charge in [-0.2, -0.15) is 0 Å². The van der Waals surface area contributed by atoms with E-state index in [0.717, 1.165) is 38.0 Å². The molecule has 2 saturated carbocycles. The molecule has 1 amide bonds. The SMILES string of the molecule is CC(C)(CN)N1CCN(C(=O)C2C3CCCCC32)CC1. The fourth-order valence-corrected chi connectivity index (χ4v) is 4.23. The Balaban J connectivity index is 1.52. The average molecular weight is 279 g/mol. The molecule has 4 nitrogen and oxygen atoms in total. The van der Waals surface area contributed by atoms with Gasteiger partial charge in [-0.25, -0.2) is 0 Å². The number of hydrogen-bond donors (Lipinski definition) is 1. The van der Waals surface area contributed by atoms with Crippen LogP contribution in [0.4, 0.5) is 0 Å². The van der Waals surface area contributed by atoms with E-state index in [1.807, 2.05) is 0 Å². The van der Waals surface area contributed by atoms with Gasteiger partial charge in [0.05, 0.1) is 0 Å². The molecule has 0 aromatic rings. The van der Waals surface area contributed by atoms with Crippen molar-refractivity contribution in [3.8, 4) is 0 Å². The molecular formula is C16H29N3O. The van der Waals surface area contributed by atoms with Crippen molar-refractivity contribution in [2.45, 2.75) is 45.1 Å². The molecule has 1 heterocycles. The van der Waals surface area contributed by atoms with Gasteiger partial charge in [0.15, 0.2) is 0 Å². The number of nitrogens with zero attached hydrogens (tertiary/aromatic N) is 2. The molecular weight excluding hydrogens is 250 g/mol. The molecule has 3 aliphatic rings. The molecule has 1 saturated heterocycles. The molecule has 114 valence electrons. The zero-order valence-electron chi connectivity index (χ0n) is 13.0. The van der Waals surface area contributed by atoms with Crippen LogP contribution in [-0.4, -0.2) is 54.0 Å². The number of hydrogen-bond acceptors (Lipinski definition) is 3. The number of nitrogens with two attached hydrogens (primary N) is 1. The number of piperazine rings is 1. The molecule has 0 spiro atoms. The molecule has 4 heteroatoms. The Morgan fingerprint density at radius 3 is 2.15 bits per heavy atom. The van der Waals surface area contributed by atoms with Crippen LogP contribution in [0.25, 0.3) is 0 Å². The summed E-state index contributed by atoms with van der Waals surface area (Å²) in [5.41, 5.74) is 5.91. The average Bonchev–Trinajstić information content (AvgIpc) is 3.21. The van der Waals surface area contributed by atoms with E-state index >= 15 is 0 Å². The summed E-state index contributed by atoms with van der Waals surface area (Å²) in [5, 5.41) is 0. The third-order valence-electron chi connectivity index (χ3n) is 5.89. The van der Waals surface area contributed by atoms with Gasteiger partial charge in [-0.05, 0) is 38.5 Å². The first-order chi connectivity index (χ1) is 9.54. The van der Waals surface area contributed by atoms with Gasteiger partial charge < -0.3 is 10.6 Å². The molecule has 1 aliphatic heterocycles. The predicted octanol–water partition coefficient (Wildman–Crippen LogP) is 1.30. The zero-order valence-corrected chi connectivity index (χ0v) is 13.0. The van der Waals surface area contributed by atoms with E-state index in [1.54, 1.807) is 0 Å². The van der Waals surface area contributed by atoms with E-state index in [4.69, 9.17) is 5.73 Å². The molecule has 3 rings (SSSR count). The Morgan fingerprint density at radius 2 is 1.65 bits per heavy atom. The first-order valence-electron chi connectivity index (χ1n) is 8.28. The van der Waals surface area contributed by atoms with Crippen LogP contribution < -0.4 is 5.73 Å². The Morgan fingerprint density at radius 1 is 1.10 bits per heavy atom. The minimum absolute atomic E-state index is 0.0582. The first kappa shape index (κ1) is 14.3. The van der Waals surface area contributed by atoms with Gasteiger partial charge in [0, 0.05) is 44.2 Å². The first-order valence-corrected chi connectivity index (χ1v) is 8.28. The van der Waals surface area contributed by atoms with E-state index in [0.29, 0.717) is 18.4 Å². The van der Waals surface area contributed by atoms with Gasteiger partial charge >= 0.3 is 0 Å². The summed E-state index contributed by atoms with van der Waals surface area (Å²) in [6.07, 6.45) is 5.26. The third kappa shape index (κ3) is 2.48. The summed E-state index contributed by atoms with van der Waals surface area (Å²) in [6, 6.07) is 0. The topological polar surface area (TPSA) is 49.6 Å². The quantitative estimate of drug-likeness (QED) is 0.847. The van der Waals surface area contributed by atoms with Gasteiger partial charge in [0.25, 0.3) is 0 Å². The summed E-state index contributed by atoms with van der Waals surface area (Å²) in [6.45, 7) is 8.78. The van der Waals surface area contributed by atoms with E-state index in [2.05, 4.69) is 23.6 Å². The standard InChI is InChI=1S/C16H29N3O/c1-16(2,11-17)19-9-7-18(8-10-19)15(20)14-12-5-3-4-6-13(12)14/h12-14H,3-11,17H2,1-2H3. The molecule has 0 bridgehead atoms. The van der Waals surface area contributed by atoms with Crippen LogP contribution in [0.15, 0.2) is 0 Å². The Bertz CT molecular complexity index is 362. The Labute approximate surface area is 122 Å². The zero-order chi connectivity index (χ0) is 14.3. The molecule has 3 fully saturated rings. The van der Waals surface area contributed by atoms with Crippen molar-refractivity contribution in [1.29, 1.82) is 0 Å². The van der Waals surface area contributed by atoms with E-state index in [1.165, 1.54) is 25.7 Å². The summed E-state index contributed by atoms with van der Waals surface area (Å²) in [4.78, 5) is 17.2. The monoisotopic (exact) mass is 279 g/mol. The molecule has 0 radical (unpaired) electrons. The predicted molar refractivity (Wildman–Crippen MR) is 80.2 cm³/mol. The lowest BCUT2D eigenvalue weighted by Gasteiger charge is -2.43. The molecule has 2 atom stereocenters. The van der Waals surface area contributed by atoms with Crippen molar-refractivity contribution >= 4 is 5.91 Å². The van der Waals surface area contributed by atoms with E-state index < -0.39 is 0 Å². The van der Waals surface area contributed by atoms with Crippen molar-refractivity contribution in [1.82, 2.24) is 9.80 Å². The largest absolute Gasteiger partial charge is 0.340 e. The minimum atomic E-state index is 0.0582. The van der Waals surface area contributed by atoms with Crippen LogP contribution in [0.3, 0.4) is 0 Å². The molecule has 0 aromatic heterocycles. The maximum atomic E-state index is 12.6. The highest BCUT2D eigenvalue weighted by atomic mass is 16.2. The van der Waals surface area contributed by atoms with Gasteiger partial charge in [0.2, 0.25) is 5.91 Å². The van der Waals surface area contributed by atoms with E-state index in [-0.39, 0.29) is 5.54 Å². The summed E-state index contributed by atoms with van der Waals surface area (Å²) >= 11 is 0. The van der Waals surface area contributed by atoms with Crippen LogP contribution in [-0.2, 0) is 4.79 Å². The lowest BCUT2D eigenvalue weighted by atomic mass is 10.0. The maximum Gasteiger partial charge on any atom is 0.226 e. The second kappa shape index (κ2) is 5.30. The smallest absolute Gasteiger partial charge is 0.226 e. The highest BCUT2D eigenvalue weighted by Gasteiger charge is 2.55. The molecule has 2 unspecified atom stereocenters. The van der Waals surface area contributed by atoms with Gasteiger partial charge in [-0.3, -0.25) is 9.69 Å². The highest BCUT2D eigenvalue weighted by molar-refractivity contribution is 5.82. The molecule has 2 N–H and O–H groups in total. The second-order valence-corrected chi connectivity index (χ2v) is 7.47. The van der Waals surface area contributed by atoms with Crippen molar-refractivity contribution < 1.29 is 4.79 Å². The Hall–Kier alpha value is -0.610. The summed E-state index contributed by atoms with van der Waals surface area (Å²) in [7, 11) is 0. The summed E-state index contributed by atoms with van der Waals surface area (Å²) in [5.74, 6) is 2.29. The number of carbonyl (C=O) groups is 1. The van der Waals surface area contributed by atoms with Crippen molar-refractivity contribution in [2.24, 2.45) is 23.5 Å². The van der Waals surface area contributed by atoms with Gasteiger partial charge in [0.1, 0.15) is 0 Å². The van der Waals surface area contributed by atoms with Crippen LogP contribution in [0.2, 0.25) is 0 Å². The lowest BCUT2D eigenvalue weighted by molar-refractivity contribution is -0.135. The number of carbonyl (C=O) groups excluding carboxylic acids is 1. The van der Waals surface area contributed by atoms with Crippen LogP contribution in [0, 0.1) is 17.8 Å².